The number of fused-ring (bicyclic) bond motifs is 1. The van der Waals surface area contributed by atoms with E-state index in [1.807, 2.05) is 48.5 Å². The number of rotatable bonds is 7. The van der Waals surface area contributed by atoms with Crippen LogP contribution in [0, 0.1) is 0 Å². The first-order valence-electron chi connectivity index (χ1n) is 8.62. The molecular formula is C20H20N4O3. The zero-order chi connectivity index (χ0) is 18.5. The van der Waals surface area contributed by atoms with Gasteiger partial charge in [0.05, 0.1) is 7.11 Å². The summed E-state index contributed by atoms with van der Waals surface area (Å²) >= 11 is 0. The number of hydrogen-bond donors (Lipinski definition) is 2. The number of aromatic nitrogens is 2. The summed E-state index contributed by atoms with van der Waals surface area (Å²) in [4.78, 5) is 8.55. The minimum atomic E-state index is 0.277. The van der Waals surface area contributed by atoms with Gasteiger partial charge in [0.1, 0.15) is 23.7 Å². The molecule has 3 aromatic rings. The number of nitrogens with zero attached hydrogens (tertiary/aromatic N) is 2. The van der Waals surface area contributed by atoms with Crippen LogP contribution in [0.5, 0.6) is 17.2 Å². The van der Waals surface area contributed by atoms with Gasteiger partial charge in [0.2, 0.25) is 6.79 Å². The Bertz CT molecular complexity index is 933. The van der Waals surface area contributed by atoms with Crippen molar-refractivity contribution in [1.29, 1.82) is 0 Å². The van der Waals surface area contributed by atoms with Crippen LogP contribution in [0.2, 0.25) is 0 Å². The summed E-state index contributed by atoms with van der Waals surface area (Å²) in [6.45, 7) is 1.52. The molecule has 0 aliphatic carbocycles. The van der Waals surface area contributed by atoms with E-state index < -0.39 is 0 Å². The van der Waals surface area contributed by atoms with Gasteiger partial charge in [0, 0.05) is 24.7 Å². The van der Waals surface area contributed by atoms with E-state index in [4.69, 9.17) is 14.2 Å². The summed E-state index contributed by atoms with van der Waals surface area (Å²) in [6.07, 6.45) is 1.53. The molecule has 2 N–H and O–H groups in total. The van der Waals surface area contributed by atoms with Gasteiger partial charge < -0.3 is 24.8 Å². The maximum absolute atomic E-state index is 5.41. The van der Waals surface area contributed by atoms with E-state index in [0.717, 1.165) is 40.0 Å². The molecule has 7 nitrogen and oxygen atoms in total. The van der Waals surface area contributed by atoms with Gasteiger partial charge in [-0.1, -0.05) is 24.3 Å². The number of hydrogen-bond acceptors (Lipinski definition) is 7. The molecule has 1 aromatic heterocycles. The molecule has 2 aromatic carbocycles. The number of para-hydroxylation sites is 1. The van der Waals surface area contributed by atoms with Gasteiger partial charge in [0.15, 0.2) is 11.5 Å². The first-order chi connectivity index (χ1) is 13.3. The number of anilines is 2. The Morgan fingerprint density at radius 2 is 1.70 bits per heavy atom. The summed E-state index contributed by atoms with van der Waals surface area (Å²) < 4.78 is 16.1. The van der Waals surface area contributed by atoms with Gasteiger partial charge in [-0.15, -0.1) is 0 Å². The molecule has 0 saturated heterocycles. The topological polar surface area (TPSA) is 77.5 Å². The van der Waals surface area contributed by atoms with Crippen molar-refractivity contribution in [2.45, 2.75) is 13.1 Å². The highest BCUT2D eigenvalue weighted by Gasteiger charge is 2.13. The van der Waals surface area contributed by atoms with E-state index in [2.05, 4.69) is 20.6 Å². The molecule has 0 atom stereocenters. The fourth-order valence-electron chi connectivity index (χ4n) is 2.83. The quantitative estimate of drug-likeness (QED) is 0.665. The SMILES string of the molecule is COc1ccccc1CNc1cc(NCc2ccc3c(c2)OCO3)ncn1. The average molecular weight is 364 g/mol. The van der Waals surface area contributed by atoms with Crippen molar-refractivity contribution in [2.75, 3.05) is 24.5 Å². The zero-order valence-corrected chi connectivity index (χ0v) is 14.9. The van der Waals surface area contributed by atoms with Crippen molar-refractivity contribution < 1.29 is 14.2 Å². The predicted molar refractivity (Wildman–Crippen MR) is 102 cm³/mol. The molecule has 4 rings (SSSR count). The Morgan fingerprint density at radius 1 is 0.926 bits per heavy atom. The average Bonchev–Trinajstić information content (AvgIpc) is 3.19. The maximum atomic E-state index is 5.41. The van der Waals surface area contributed by atoms with Crippen LogP contribution in [0.4, 0.5) is 11.6 Å². The minimum absolute atomic E-state index is 0.277. The lowest BCUT2D eigenvalue weighted by atomic mass is 10.2. The fourth-order valence-corrected chi connectivity index (χ4v) is 2.83. The second-order valence-corrected chi connectivity index (χ2v) is 6.00. The molecule has 7 heteroatoms. The van der Waals surface area contributed by atoms with Gasteiger partial charge >= 0.3 is 0 Å². The summed E-state index contributed by atoms with van der Waals surface area (Å²) in [5.41, 5.74) is 2.15. The van der Waals surface area contributed by atoms with Crippen LogP contribution in [-0.4, -0.2) is 23.9 Å². The molecule has 0 bridgehead atoms. The summed E-state index contributed by atoms with van der Waals surface area (Å²) in [7, 11) is 1.67. The van der Waals surface area contributed by atoms with Gasteiger partial charge in [-0.3, -0.25) is 0 Å². The molecule has 0 amide bonds. The Labute approximate surface area is 157 Å². The lowest BCUT2D eigenvalue weighted by Gasteiger charge is -2.11. The van der Waals surface area contributed by atoms with E-state index in [-0.39, 0.29) is 6.79 Å². The first kappa shape index (κ1) is 17.0. The van der Waals surface area contributed by atoms with Gasteiger partial charge in [-0.2, -0.15) is 0 Å². The summed E-state index contributed by atoms with van der Waals surface area (Å²) in [5, 5.41) is 6.60. The minimum Gasteiger partial charge on any atom is -0.496 e. The second kappa shape index (κ2) is 7.82. The molecule has 2 heterocycles. The van der Waals surface area contributed by atoms with Crippen LogP contribution in [0.25, 0.3) is 0 Å². The first-order valence-corrected chi connectivity index (χ1v) is 8.62. The molecule has 0 fully saturated rings. The van der Waals surface area contributed by atoms with Crippen molar-refractivity contribution in [3.05, 3.63) is 66.0 Å². The van der Waals surface area contributed by atoms with Crippen LogP contribution in [-0.2, 0) is 13.1 Å². The molecule has 0 unspecified atom stereocenters. The van der Waals surface area contributed by atoms with Gasteiger partial charge in [-0.05, 0) is 23.8 Å². The van der Waals surface area contributed by atoms with Crippen LogP contribution in [0.1, 0.15) is 11.1 Å². The Hall–Kier alpha value is -3.48. The number of benzene rings is 2. The van der Waals surface area contributed by atoms with E-state index in [1.165, 1.54) is 6.33 Å². The van der Waals surface area contributed by atoms with Gasteiger partial charge in [-0.25, -0.2) is 9.97 Å². The molecule has 0 saturated carbocycles. The van der Waals surface area contributed by atoms with Crippen molar-refractivity contribution in [1.82, 2.24) is 9.97 Å². The zero-order valence-electron chi connectivity index (χ0n) is 14.9. The Kier molecular flexibility index (Phi) is 4.91. The molecular weight excluding hydrogens is 344 g/mol. The van der Waals surface area contributed by atoms with Crippen LogP contribution in [0.15, 0.2) is 54.9 Å². The number of ether oxygens (including phenoxy) is 3. The predicted octanol–water partition coefficient (Wildman–Crippen LogP) is 3.44. The highest BCUT2D eigenvalue weighted by molar-refractivity contribution is 5.49. The number of nitrogens with one attached hydrogen (secondary N) is 2. The molecule has 27 heavy (non-hydrogen) atoms. The van der Waals surface area contributed by atoms with Crippen LogP contribution in [0.3, 0.4) is 0 Å². The third-order valence-electron chi connectivity index (χ3n) is 4.23. The third-order valence-corrected chi connectivity index (χ3v) is 4.23. The highest BCUT2D eigenvalue weighted by Crippen LogP contribution is 2.32. The molecule has 138 valence electrons. The van der Waals surface area contributed by atoms with E-state index >= 15 is 0 Å². The molecule has 1 aliphatic heterocycles. The Morgan fingerprint density at radius 3 is 2.56 bits per heavy atom. The fraction of sp³-hybridized carbons (Fsp3) is 0.200. The lowest BCUT2D eigenvalue weighted by molar-refractivity contribution is 0.174. The van der Waals surface area contributed by atoms with Crippen molar-refractivity contribution in [2.24, 2.45) is 0 Å². The van der Waals surface area contributed by atoms with E-state index in [1.54, 1.807) is 7.11 Å². The highest BCUT2D eigenvalue weighted by atomic mass is 16.7. The monoisotopic (exact) mass is 364 g/mol. The summed E-state index contributed by atoms with van der Waals surface area (Å²) in [5.74, 6) is 3.88. The third kappa shape index (κ3) is 4.03. The van der Waals surface area contributed by atoms with Crippen molar-refractivity contribution >= 4 is 11.6 Å². The Balaban J connectivity index is 1.37. The maximum Gasteiger partial charge on any atom is 0.231 e. The lowest BCUT2D eigenvalue weighted by Crippen LogP contribution is -2.06. The molecule has 0 spiro atoms. The smallest absolute Gasteiger partial charge is 0.231 e. The van der Waals surface area contributed by atoms with Crippen molar-refractivity contribution in [3.8, 4) is 17.2 Å². The van der Waals surface area contributed by atoms with E-state index in [0.29, 0.717) is 13.1 Å². The van der Waals surface area contributed by atoms with Crippen LogP contribution >= 0.6 is 0 Å². The van der Waals surface area contributed by atoms with Crippen LogP contribution < -0.4 is 24.8 Å². The van der Waals surface area contributed by atoms with Crippen molar-refractivity contribution in [3.63, 3.8) is 0 Å². The molecule has 1 aliphatic rings. The van der Waals surface area contributed by atoms with Gasteiger partial charge in [0.25, 0.3) is 0 Å². The van der Waals surface area contributed by atoms with E-state index in [9.17, 15) is 0 Å². The number of methoxy groups -OCH3 is 1. The normalized spacial score (nSPS) is 11.9. The standard InChI is InChI=1S/C20H20N4O3/c1-25-16-5-3-2-4-15(16)11-22-20-9-19(23-12-24-20)21-10-14-6-7-17-18(8-14)27-13-26-17/h2-9,12H,10-11,13H2,1H3,(H2,21,22,23,24). The largest absolute Gasteiger partial charge is 0.496 e. The molecule has 0 radical (unpaired) electrons. The second-order valence-electron chi connectivity index (χ2n) is 6.00. The summed E-state index contributed by atoms with van der Waals surface area (Å²) in [6, 6.07) is 15.7.